The van der Waals surface area contributed by atoms with Gasteiger partial charge in [0.25, 0.3) is 0 Å². The highest BCUT2D eigenvalue weighted by molar-refractivity contribution is 6.16. The monoisotopic (exact) mass is 1380 g/mol. The maximum Gasteiger partial charge on any atom is 0.114 e. The van der Waals surface area contributed by atoms with E-state index in [9.17, 15) is 0 Å². The zero-order chi connectivity index (χ0) is 71.6. The van der Waals surface area contributed by atoms with Gasteiger partial charge >= 0.3 is 0 Å². The summed E-state index contributed by atoms with van der Waals surface area (Å²) in [5, 5.41) is 9.30. The average molecular weight is 1390 g/mol. The van der Waals surface area contributed by atoms with E-state index in [-0.39, 0.29) is 0 Å². The van der Waals surface area contributed by atoms with E-state index in [1.807, 2.05) is 12.3 Å². The van der Waals surface area contributed by atoms with Gasteiger partial charge in [-0.3, -0.25) is 9.55 Å². The summed E-state index contributed by atoms with van der Waals surface area (Å²) >= 11 is 0. The predicted octanol–water partition coefficient (Wildman–Crippen LogP) is 25.1. The second-order valence-electron chi connectivity index (χ2n) is 29.4. The van der Waals surface area contributed by atoms with E-state index >= 15 is 0 Å². The molecule has 0 aliphatic heterocycles. The van der Waals surface area contributed by atoms with Crippen molar-refractivity contribution < 1.29 is 0 Å². The molecule has 6 heteroatoms. The van der Waals surface area contributed by atoms with Crippen LogP contribution in [0.25, 0.3) is 171 Å². The van der Waals surface area contributed by atoms with Crippen molar-refractivity contribution in [1.82, 2.24) is 29.5 Å². The van der Waals surface area contributed by atoms with Crippen LogP contribution in [0.1, 0.15) is 57.3 Å². The van der Waals surface area contributed by atoms with E-state index in [0.29, 0.717) is 0 Å². The summed E-state index contributed by atoms with van der Waals surface area (Å²) in [5.74, 6) is 1.07. The number of aromatic nitrogens is 6. The van der Waals surface area contributed by atoms with Gasteiger partial charge in [-0.25, -0.2) is 19.9 Å². The minimum atomic E-state index is -0.396. The van der Waals surface area contributed by atoms with E-state index < -0.39 is 10.8 Å². The first-order valence-corrected chi connectivity index (χ1v) is 37.7. The van der Waals surface area contributed by atoms with Crippen molar-refractivity contribution in [3.05, 3.63) is 408 Å². The Labute approximate surface area is 629 Å². The van der Waals surface area contributed by atoms with E-state index in [2.05, 4.69) is 362 Å². The Balaban J connectivity index is 0.000000131. The summed E-state index contributed by atoms with van der Waals surface area (Å²) in [6, 6.07) is 129. The fraction of sp³-hybridized carbons (Fsp3) is 0.0388. The molecule has 24 rings (SSSR count). The topological polar surface area (TPSA) is 69.4 Å². The zero-order valence-corrected chi connectivity index (χ0v) is 59.5. The lowest BCUT2D eigenvalue weighted by Crippen LogP contribution is -2.25. The van der Waals surface area contributed by atoms with E-state index in [4.69, 9.17) is 19.9 Å². The minimum Gasteiger partial charge on any atom is -0.296 e. The molecule has 0 saturated heterocycles. The number of imidazole rings is 1. The molecule has 15 aromatic carbocycles. The van der Waals surface area contributed by atoms with Crippen LogP contribution in [-0.2, 0) is 17.3 Å². The fourth-order valence-electron chi connectivity index (χ4n) is 19.4. The number of aryl methyl sites for hydroxylation is 1. The molecule has 109 heavy (non-hydrogen) atoms. The van der Waals surface area contributed by atoms with Crippen molar-refractivity contribution in [2.75, 3.05) is 0 Å². The molecule has 5 aromatic heterocycles. The Bertz CT molecular complexity index is 7180. The molecule has 0 N–H and O–H groups in total. The second-order valence-corrected chi connectivity index (χ2v) is 29.4. The smallest absolute Gasteiger partial charge is 0.114 e. The molecule has 4 aliphatic rings. The highest BCUT2D eigenvalue weighted by atomic mass is 15.1. The third-order valence-corrected chi connectivity index (χ3v) is 24.1. The van der Waals surface area contributed by atoms with Gasteiger partial charge in [-0.15, -0.1) is 0 Å². The van der Waals surface area contributed by atoms with Crippen LogP contribution in [0, 0.1) is 0 Å². The van der Waals surface area contributed by atoms with Crippen LogP contribution in [0.2, 0.25) is 0 Å². The molecule has 506 valence electrons. The number of pyridine rings is 4. The first-order valence-electron chi connectivity index (χ1n) is 37.7. The van der Waals surface area contributed by atoms with E-state index in [1.54, 1.807) is 0 Å². The van der Waals surface area contributed by atoms with Crippen LogP contribution in [0.15, 0.2) is 358 Å². The molecule has 20 aromatic rings. The summed E-state index contributed by atoms with van der Waals surface area (Å²) in [6.45, 7) is 2.16. The zero-order valence-electron chi connectivity index (χ0n) is 59.5. The molecular weight excluding hydrogens is 1320 g/mol. The van der Waals surface area contributed by atoms with Crippen LogP contribution < -0.4 is 0 Å². The number of para-hydroxylation sites is 4. The van der Waals surface area contributed by atoms with Gasteiger partial charge in [0.15, 0.2) is 0 Å². The maximum absolute atomic E-state index is 5.39. The molecule has 0 fully saturated rings. The summed E-state index contributed by atoms with van der Waals surface area (Å²) < 4.78 is 2.28. The first-order chi connectivity index (χ1) is 54.0. The normalized spacial score (nSPS) is 13.4. The predicted molar refractivity (Wildman–Crippen MR) is 447 cm³/mol. The third-order valence-electron chi connectivity index (χ3n) is 24.1. The number of nitrogens with zero attached hydrogens (tertiary/aromatic N) is 6. The van der Waals surface area contributed by atoms with Crippen molar-refractivity contribution in [3.63, 3.8) is 0 Å². The first kappa shape index (κ1) is 61.3. The number of hydrogen-bond donors (Lipinski definition) is 0. The highest BCUT2D eigenvalue weighted by Gasteiger charge is 2.53. The Kier molecular flexibility index (Phi) is 13.2. The van der Waals surface area contributed by atoms with Crippen LogP contribution >= 0.6 is 0 Å². The lowest BCUT2D eigenvalue weighted by Gasteiger charge is -2.30. The largest absolute Gasteiger partial charge is 0.296 e. The maximum atomic E-state index is 5.39. The lowest BCUT2D eigenvalue weighted by molar-refractivity contribution is 0.795. The molecule has 0 unspecified atom stereocenters. The van der Waals surface area contributed by atoms with Crippen molar-refractivity contribution in [2.45, 2.75) is 24.2 Å². The highest BCUT2D eigenvalue weighted by Crippen LogP contribution is 2.65. The Morgan fingerprint density at radius 2 is 0.651 bits per heavy atom. The molecule has 6 nitrogen and oxygen atoms in total. The summed E-state index contributed by atoms with van der Waals surface area (Å²) in [5.41, 5.74) is 36.1. The molecule has 0 atom stereocenters. The van der Waals surface area contributed by atoms with Crippen LogP contribution in [0.3, 0.4) is 0 Å². The molecule has 4 aliphatic carbocycles. The van der Waals surface area contributed by atoms with Gasteiger partial charge in [-0.1, -0.05) is 286 Å². The average Bonchev–Trinajstić information content (AvgIpc) is 1.51. The quantitative estimate of drug-likeness (QED) is 0.155. The van der Waals surface area contributed by atoms with E-state index in [1.165, 1.54) is 122 Å². The van der Waals surface area contributed by atoms with Gasteiger partial charge in [0, 0.05) is 67.3 Å². The van der Waals surface area contributed by atoms with Crippen LogP contribution in [0.5, 0.6) is 0 Å². The van der Waals surface area contributed by atoms with Crippen molar-refractivity contribution >= 4 is 76.2 Å². The minimum absolute atomic E-state index is 0.391. The summed E-state index contributed by atoms with van der Waals surface area (Å²) in [6.07, 6.45) is 2.71. The van der Waals surface area contributed by atoms with Gasteiger partial charge in [0.1, 0.15) is 5.82 Å². The fourth-order valence-corrected chi connectivity index (χ4v) is 19.4. The number of benzene rings is 15. The summed E-state index contributed by atoms with van der Waals surface area (Å²) in [7, 11) is 0. The number of rotatable bonds is 6. The Morgan fingerprint density at radius 1 is 0.266 bits per heavy atom. The Morgan fingerprint density at radius 3 is 1.13 bits per heavy atom. The molecule has 0 bridgehead atoms. The van der Waals surface area contributed by atoms with Gasteiger partial charge in [-0.2, -0.15) is 0 Å². The molecule has 2 spiro atoms. The lowest BCUT2D eigenvalue weighted by atomic mass is 9.70. The van der Waals surface area contributed by atoms with Gasteiger partial charge < -0.3 is 0 Å². The number of fused-ring (bicyclic) bond motifs is 30. The van der Waals surface area contributed by atoms with Crippen molar-refractivity contribution in [2.24, 2.45) is 0 Å². The molecule has 0 radical (unpaired) electrons. The SMILES string of the molecule is CCc1nc2ccccc2n1-c1ccc(-c2ccc(-c3nc4ccccc4c4cc5c(cc34)-c3ccccc3C53c4ccccc4-c4ccccc43)cc2)cc1.c1ccc2c(c1)-c1ccccc1C21c2ccccc2-c2cc3c(-c4ccc(-c5ccc6ccc7cccnc7c6n5)cc4)nc4ccccc4c3cc21. The Hall–Kier alpha value is -14.1. The van der Waals surface area contributed by atoms with Gasteiger partial charge in [0.05, 0.1) is 61.0 Å². The standard InChI is InChI=1S/C53H35N3.C50H29N3/c1-2-51-54-49-21-11-12-22-50(49)56(51)36-29-27-34(28-30-36)33-23-25-35(26-24-33)52-43-31-42-39-15-5-9-19-46(39)53(47(42)32-41(43)40-16-6-10-20-48(40)55-52)44-17-7-3-13-37(44)38-14-4-8-18-45(38)53;1-5-15-41-34(11-1)35-12-2-6-16-42(35)50(41)43-17-7-3-13-36(43)39-28-40-38(29-44(39)50)37-14-4-8-18-46(37)53-47(40)32-21-19-30(20-22-32)45-26-25-33-24-23-31-10-9-27-51-48(31)49(33)52-45/h3-32H,2H2,1H3;1-29H. The third kappa shape index (κ3) is 8.71. The summed E-state index contributed by atoms with van der Waals surface area (Å²) in [4.78, 5) is 25.4. The molecule has 0 amide bonds. The number of hydrogen-bond acceptors (Lipinski definition) is 5. The molecular formula is C103H64N6. The van der Waals surface area contributed by atoms with Crippen LogP contribution in [0.4, 0.5) is 0 Å². The van der Waals surface area contributed by atoms with Gasteiger partial charge in [0.2, 0.25) is 0 Å². The van der Waals surface area contributed by atoms with Gasteiger partial charge in [-0.05, 0) is 184 Å². The van der Waals surface area contributed by atoms with Crippen molar-refractivity contribution in [3.8, 4) is 95.1 Å². The second kappa shape index (κ2) is 23.5. The molecule has 0 saturated carbocycles. The van der Waals surface area contributed by atoms with E-state index in [0.717, 1.165) is 106 Å². The van der Waals surface area contributed by atoms with Crippen LogP contribution in [-0.4, -0.2) is 29.5 Å². The molecule has 5 heterocycles. The van der Waals surface area contributed by atoms with Crippen molar-refractivity contribution in [1.29, 1.82) is 0 Å².